The molecule has 34 heavy (non-hydrogen) atoms. The zero-order valence-electron chi connectivity index (χ0n) is 18.4. The average Bonchev–Trinajstić information content (AvgIpc) is 3.52. The van der Waals surface area contributed by atoms with Crippen molar-refractivity contribution in [2.24, 2.45) is 0 Å². The van der Waals surface area contributed by atoms with Crippen LogP contribution >= 0.6 is 0 Å². The van der Waals surface area contributed by atoms with Crippen molar-refractivity contribution >= 4 is 26.8 Å². The summed E-state index contributed by atoms with van der Waals surface area (Å²) in [6.45, 7) is 0.238. The fourth-order valence-electron chi connectivity index (χ4n) is 4.51. The first-order chi connectivity index (χ1) is 16.4. The third kappa shape index (κ3) is 4.21. The van der Waals surface area contributed by atoms with Gasteiger partial charge in [-0.25, -0.2) is 4.39 Å². The minimum Gasteiger partial charge on any atom is -0.348 e. The van der Waals surface area contributed by atoms with Gasteiger partial charge in [-0.3, -0.25) is 4.79 Å². The van der Waals surface area contributed by atoms with Crippen LogP contribution in [0.2, 0.25) is 0 Å². The monoisotopic (exact) mass is 477 g/mol. The molecule has 0 atom stereocenters. The molecule has 0 bridgehead atoms. The maximum absolute atomic E-state index is 13.5. The highest BCUT2D eigenvalue weighted by molar-refractivity contribution is 7.90. The number of amides is 1. The van der Waals surface area contributed by atoms with Gasteiger partial charge in [-0.2, -0.15) is 17.6 Å². The molecule has 1 heterocycles. The molecular weight excluding hydrogens is 453 g/mol. The number of para-hydroxylation sites is 1. The summed E-state index contributed by atoms with van der Waals surface area (Å²) in [5, 5.41) is 8.19. The minimum atomic E-state index is -3.94. The molecule has 1 fully saturated rings. The number of hydrogen-bond acceptors (Lipinski definition) is 4. The number of nitrogens with one attached hydrogen (secondary N) is 1. The van der Waals surface area contributed by atoms with E-state index in [2.05, 4.69) is 10.4 Å². The number of aromatic nitrogens is 2. The average molecular weight is 478 g/mol. The fraction of sp³-hybridized carbons (Fsp3) is 0.231. The second kappa shape index (κ2) is 9.02. The van der Waals surface area contributed by atoms with E-state index in [9.17, 15) is 17.6 Å². The van der Waals surface area contributed by atoms with Crippen molar-refractivity contribution < 1.29 is 17.6 Å². The lowest BCUT2D eigenvalue weighted by molar-refractivity contribution is 0.0951. The molecule has 0 spiro atoms. The molecule has 0 saturated heterocycles. The number of rotatable bonds is 6. The Kier molecular flexibility index (Phi) is 5.91. The second-order valence-corrected chi connectivity index (χ2v) is 10.3. The van der Waals surface area contributed by atoms with Crippen LogP contribution in [0.5, 0.6) is 0 Å². The van der Waals surface area contributed by atoms with Gasteiger partial charge in [0.2, 0.25) is 0 Å². The van der Waals surface area contributed by atoms with E-state index in [1.807, 2.05) is 18.2 Å². The predicted molar refractivity (Wildman–Crippen MR) is 128 cm³/mol. The molecule has 1 saturated carbocycles. The van der Waals surface area contributed by atoms with Crippen molar-refractivity contribution in [1.29, 1.82) is 0 Å². The molecule has 1 aliphatic carbocycles. The van der Waals surface area contributed by atoms with Crippen LogP contribution in [0.25, 0.3) is 10.9 Å². The predicted octanol–water partition coefficient (Wildman–Crippen LogP) is 5.00. The van der Waals surface area contributed by atoms with Crippen LogP contribution in [-0.2, 0) is 16.6 Å². The number of nitrogens with zero attached hydrogens (tertiary/aromatic N) is 2. The molecule has 6 nitrogen and oxygen atoms in total. The standard InChI is InChI=1S/C26H24FN3O3S/c27-21-13-9-18(10-14-21)17-28-26(31)20-11-15-22(16-12-20)34(32,33)30-24-8-4-3-7-23(24)25(29-30)19-5-1-2-6-19/h3-4,7-16,19H,1-2,5-6,17H2,(H,28,31). The highest BCUT2D eigenvalue weighted by Gasteiger charge is 2.28. The first kappa shape index (κ1) is 22.3. The fourth-order valence-corrected chi connectivity index (χ4v) is 5.80. The Morgan fingerprint density at radius 3 is 2.35 bits per heavy atom. The van der Waals surface area contributed by atoms with Gasteiger partial charge in [-0.1, -0.05) is 43.2 Å². The van der Waals surface area contributed by atoms with Gasteiger partial charge >= 0.3 is 0 Å². The summed E-state index contributed by atoms with van der Waals surface area (Å²) in [7, 11) is -3.94. The number of carbonyl (C=O) groups is 1. The molecule has 0 unspecified atom stereocenters. The lowest BCUT2D eigenvalue weighted by Crippen LogP contribution is -2.23. The van der Waals surface area contributed by atoms with Crippen LogP contribution in [-0.4, -0.2) is 23.5 Å². The first-order valence-corrected chi connectivity index (χ1v) is 12.7. The van der Waals surface area contributed by atoms with E-state index in [0.717, 1.165) is 46.4 Å². The van der Waals surface area contributed by atoms with Crippen molar-refractivity contribution in [1.82, 2.24) is 14.5 Å². The maximum atomic E-state index is 13.5. The minimum absolute atomic E-state index is 0.0637. The Hall–Kier alpha value is -3.52. The van der Waals surface area contributed by atoms with E-state index in [0.29, 0.717) is 11.1 Å². The second-order valence-electron chi connectivity index (χ2n) is 8.57. The molecule has 3 aromatic carbocycles. The first-order valence-electron chi connectivity index (χ1n) is 11.3. The summed E-state index contributed by atoms with van der Waals surface area (Å²) in [6, 6.07) is 19.1. The number of halogens is 1. The van der Waals surface area contributed by atoms with Gasteiger partial charge in [0.15, 0.2) is 0 Å². The molecule has 8 heteroatoms. The molecule has 174 valence electrons. The van der Waals surface area contributed by atoms with Crippen LogP contribution < -0.4 is 5.32 Å². The molecule has 1 aliphatic rings. The van der Waals surface area contributed by atoms with Crippen LogP contribution in [0.3, 0.4) is 0 Å². The maximum Gasteiger partial charge on any atom is 0.283 e. The Morgan fingerprint density at radius 2 is 1.65 bits per heavy atom. The Balaban J connectivity index is 1.39. The lowest BCUT2D eigenvalue weighted by atomic mass is 10.0. The summed E-state index contributed by atoms with van der Waals surface area (Å²) in [5.74, 6) is -0.415. The third-order valence-corrected chi connectivity index (χ3v) is 7.94. The van der Waals surface area contributed by atoms with Crippen molar-refractivity contribution in [3.8, 4) is 0 Å². The van der Waals surface area contributed by atoms with E-state index in [-0.39, 0.29) is 29.1 Å². The van der Waals surface area contributed by atoms with Crippen molar-refractivity contribution in [2.75, 3.05) is 0 Å². The smallest absolute Gasteiger partial charge is 0.283 e. The van der Waals surface area contributed by atoms with Gasteiger partial charge in [0.25, 0.3) is 15.9 Å². The zero-order valence-corrected chi connectivity index (χ0v) is 19.3. The summed E-state index contributed by atoms with van der Waals surface area (Å²) in [5.41, 5.74) is 2.49. The van der Waals surface area contributed by atoms with Crippen LogP contribution in [0, 0.1) is 5.82 Å². The largest absolute Gasteiger partial charge is 0.348 e. The van der Waals surface area contributed by atoms with Crippen LogP contribution in [0.15, 0.2) is 77.7 Å². The molecule has 1 aromatic heterocycles. The molecule has 1 amide bonds. The summed E-state index contributed by atoms with van der Waals surface area (Å²) in [4.78, 5) is 12.6. The number of hydrogen-bond donors (Lipinski definition) is 1. The van der Waals surface area contributed by atoms with E-state index in [1.165, 1.54) is 36.4 Å². The van der Waals surface area contributed by atoms with Crippen molar-refractivity contribution in [3.63, 3.8) is 0 Å². The Labute approximate surface area is 197 Å². The van der Waals surface area contributed by atoms with Gasteiger partial charge in [0, 0.05) is 23.4 Å². The third-order valence-electron chi connectivity index (χ3n) is 6.33. The Bertz CT molecular complexity index is 1440. The van der Waals surface area contributed by atoms with Gasteiger partial charge in [0.05, 0.1) is 16.1 Å². The van der Waals surface area contributed by atoms with Gasteiger partial charge in [-0.15, -0.1) is 0 Å². The van der Waals surface area contributed by atoms with Gasteiger partial charge in [-0.05, 0) is 60.9 Å². The molecule has 0 aliphatic heterocycles. The number of fused-ring (bicyclic) bond motifs is 1. The van der Waals surface area contributed by atoms with E-state index in [1.54, 1.807) is 18.2 Å². The Morgan fingerprint density at radius 1 is 0.971 bits per heavy atom. The molecule has 1 N–H and O–H groups in total. The van der Waals surface area contributed by atoms with Crippen molar-refractivity contribution in [3.05, 3.63) is 95.4 Å². The normalized spacial score (nSPS) is 14.5. The topological polar surface area (TPSA) is 81.1 Å². The summed E-state index contributed by atoms with van der Waals surface area (Å²) in [6.07, 6.45) is 4.29. The van der Waals surface area contributed by atoms with Crippen LogP contribution in [0.1, 0.15) is 53.2 Å². The van der Waals surface area contributed by atoms with Gasteiger partial charge in [0.1, 0.15) is 5.82 Å². The lowest BCUT2D eigenvalue weighted by Gasteiger charge is -2.08. The molecular formula is C26H24FN3O3S. The molecule has 0 radical (unpaired) electrons. The highest BCUT2D eigenvalue weighted by atomic mass is 32.2. The molecule has 4 aromatic rings. The zero-order chi connectivity index (χ0) is 23.7. The SMILES string of the molecule is O=C(NCc1ccc(F)cc1)c1ccc(S(=O)(=O)n2nc(C3CCCC3)c3ccccc32)cc1. The number of benzene rings is 3. The summed E-state index contributed by atoms with van der Waals surface area (Å²) < 4.78 is 41.1. The highest BCUT2D eigenvalue weighted by Crippen LogP contribution is 2.37. The summed E-state index contributed by atoms with van der Waals surface area (Å²) >= 11 is 0. The van der Waals surface area contributed by atoms with Crippen molar-refractivity contribution in [2.45, 2.75) is 43.0 Å². The van der Waals surface area contributed by atoms with Crippen LogP contribution in [0.4, 0.5) is 4.39 Å². The molecule has 5 rings (SSSR count). The quantitative estimate of drug-likeness (QED) is 0.424. The van der Waals surface area contributed by atoms with E-state index in [4.69, 9.17) is 0 Å². The van der Waals surface area contributed by atoms with E-state index < -0.39 is 10.0 Å². The van der Waals surface area contributed by atoms with Gasteiger partial charge < -0.3 is 5.32 Å². The van der Waals surface area contributed by atoms with E-state index >= 15 is 0 Å². The number of carbonyl (C=O) groups excluding carboxylic acids is 1.